The molecule has 6 nitrogen and oxygen atoms in total. The maximum Gasteiger partial charge on any atom is 0.242 e. The van der Waals surface area contributed by atoms with Crippen LogP contribution in [0.3, 0.4) is 0 Å². The lowest BCUT2D eigenvalue weighted by Crippen LogP contribution is -2.45. The molecule has 0 heterocycles. The summed E-state index contributed by atoms with van der Waals surface area (Å²) in [6.07, 6.45) is 0.855. The van der Waals surface area contributed by atoms with E-state index in [1.807, 2.05) is 6.92 Å². The summed E-state index contributed by atoms with van der Waals surface area (Å²) in [7, 11) is 0. The van der Waals surface area contributed by atoms with E-state index in [4.69, 9.17) is 0 Å². The molecule has 0 fully saturated rings. The summed E-state index contributed by atoms with van der Waals surface area (Å²) in [5.74, 6) is -0.906. The van der Waals surface area contributed by atoms with E-state index in [1.165, 1.54) is 12.1 Å². The highest BCUT2D eigenvalue weighted by molar-refractivity contribution is 5.84. The van der Waals surface area contributed by atoms with Crippen LogP contribution in [-0.2, 0) is 20.8 Å². The molecule has 0 saturated carbocycles. The van der Waals surface area contributed by atoms with Gasteiger partial charge in [0.25, 0.3) is 0 Å². The van der Waals surface area contributed by atoms with Gasteiger partial charge in [0.05, 0.1) is 0 Å². The van der Waals surface area contributed by atoms with Crippen molar-refractivity contribution in [2.45, 2.75) is 25.8 Å². The van der Waals surface area contributed by atoms with Crippen molar-refractivity contribution in [1.29, 1.82) is 0 Å². The molecule has 1 aromatic rings. The fraction of sp³-hybridized carbons (Fsp3) is 0.400. The van der Waals surface area contributed by atoms with Crippen LogP contribution in [0.5, 0.6) is 0 Å². The first-order chi connectivity index (χ1) is 10.6. The molecule has 0 aliphatic heterocycles. The van der Waals surface area contributed by atoms with Crippen molar-refractivity contribution in [1.82, 2.24) is 16.0 Å². The molecule has 0 saturated heterocycles. The van der Waals surface area contributed by atoms with Gasteiger partial charge in [-0.2, -0.15) is 0 Å². The van der Waals surface area contributed by atoms with E-state index in [2.05, 4.69) is 16.0 Å². The second-order valence-corrected chi connectivity index (χ2v) is 4.66. The lowest BCUT2D eigenvalue weighted by atomic mass is 10.1. The number of carbonyl (C=O) groups is 3. The monoisotopic (exact) mass is 309 g/mol. The number of benzene rings is 1. The topological polar surface area (TPSA) is 87.3 Å². The number of hydrogen-bond donors (Lipinski definition) is 3. The van der Waals surface area contributed by atoms with Crippen molar-refractivity contribution >= 4 is 18.2 Å². The molecular formula is C15H20FN3O3. The van der Waals surface area contributed by atoms with E-state index >= 15 is 0 Å². The molecule has 0 aromatic heterocycles. The lowest BCUT2D eigenvalue weighted by Gasteiger charge is -2.16. The van der Waals surface area contributed by atoms with Gasteiger partial charge in [-0.3, -0.25) is 14.4 Å². The van der Waals surface area contributed by atoms with Crippen LogP contribution in [0.25, 0.3) is 0 Å². The van der Waals surface area contributed by atoms with Crippen molar-refractivity contribution in [2.24, 2.45) is 0 Å². The second-order valence-electron chi connectivity index (χ2n) is 4.66. The number of rotatable bonds is 9. The third kappa shape index (κ3) is 6.34. The molecule has 0 bridgehead atoms. The molecule has 0 spiro atoms. The Morgan fingerprint density at radius 1 is 1.23 bits per heavy atom. The van der Waals surface area contributed by atoms with Gasteiger partial charge in [-0.05, 0) is 24.6 Å². The molecule has 7 heteroatoms. The van der Waals surface area contributed by atoms with Crippen molar-refractivity contribution in [3.63, 3.8) is 0 Å². The predicted molar refractivity (Wildman–Crippen MR) is 79.4 cm³/mol. The Morgan fingerprint density at radius 2 is 1.91 bits per heavy atom. The molecule has 0 unspecified atom stereocenters. The minimum Gasteiger partial charge on any atom is -0.356 e. The number of halogens is 1. The SMILES string of the molecule is CCNC(=O)CCNC(=O)[C@H](Cc1ccc(F)cc1)NC=O. The number of amides is 3. The Balaban J connectivity index is 2.50. The van der Waals surface area contributed by atoms with Gasteiger partial charge >= 0.3 is 0 Å². The molecule has 1 rings (SSSR count). The zero-order chi connectivity index (χ0) is 16.4. The molecule has 0 radical (unpaired) electrons. The van der Waals surface area contributed by atoms with Gasteiger partial charge in [-0.1, -0.05) is 12.1 Å². The average molecular weight is 309 g/mol. The first-order valence-electron chi connectivity index (χ1n) is 7.05. The molecule has 0 aliphatic rings. The van der Waals surface area contributed by atoms with Crippen LogP contribution in [0, 0.1) is 5.82 Å². The minimum absolute atomic E-state index is 0.152. The Morgan fingerprint density at radius 3 is 2.50 bits per heavy atom. The van der Waals surface area contributed by atoms with E-state index in [0.717, 1.165) is 5.56 Å². The lowest BCUT2D eigenvalue weighted by molar-refractivity contribution is -0.125. The zero-order valence-corrected chi connectivity index (χ0v) is 12.4. The van der Waals surface area contributed by atoms with Crippen molar-refractivity contribution in [3.8, 4) is 0 Å². The smallest absolute Gasteiger partial charge is 0.242 e. The van der Waals surface area contributed by atoms with Gasteiger partial charge in [-0.25, -0.2) is 4.39 Å². The minimum atomic E-state index is -0.766. The first kappa shape index (κ1) is 17.6. The summed E-state index contributed by atoms with van der Waals surface area (Å²) in [5, 5.41) is 7.64. The number of nitrogens with one attached hydrogen (secondary N) is 3. The summed E-state index contributed by atoms with van der Waals surface area (Å²) in [5.41, 5.74) is 0.722. The molecule has 22 heavy (non-hydrogen) atoms. The van der Waals surface area contributed by atoms with Crippen molar-refractivity contribution < 1.29 is 18.8 Å². The van der Waals surface area contributed by atoms with Crippen LogP contribution in [0.2, 0.25) is 0 Å². The molecule has 120 valence electrons. The average Bonchev–Trinajstić information content (AvgIpc) is 2.49. The summed E-state index contributed by atoms with van der Waals surface area (Å²) in [4.78, 5) is 33.9. The summed E-state index contributed by atoms with van der Waals surface area (Å²) < 4.78 is 12.8. The Bertz CT molecular complexity index is 505. The van der Waals surface area contributed by atoms with Gasteiger partial charge < -0.3 is 16.0 Å². The fourth-order valence-corrected chi connectivity index (χ4v) is 1.87. The summed E-state index contributed by atoms with van der Waals surface area (Å²) in [6, 6.07) is 4.92. The van der Waals surface area contributed by atoms with Gasteiger partial charge in [-0.15, -0.1) is 0 Å². The van der Waals surface area contributed by atoms with Crippen LogP contribution in [0.1, 0.15) is 18.9 Å². The maximum atomic E-state index is 12.8. The molecule has 0 aliphatic carbocycles. The van der Waals surface area contributed by atoms with Crippen LogP contribution < -0.4 is 16.0 Å². The van der Waals surface area contributed by atoms with Crippen LogP contribution in [-0.4, -0.2) is 37.4 Å². The third-order valence-electron chi connectivity index (χ3n) is 2.96. The Kier molecular flexibility index (Phi) is 7.60. The van der Waals surface area contributed by atoms with E-state index < -0.39 is 6.04 Å². The molecule has 3 amide bonds. The quantitative estimate of drug-likeness (QED) is 0.566. The van der Waals surface area contributed by atoms with Crippen molar-refractivity contribution in [2.75, 3.05) is 13.1 Å². The summed E-state index contributed by atoms with van der Waals surface area (Å²) >= 11 is 0. The van der Waals surface area contributed by atoms with E-state index in [9.17, 15) is 18.8 Å². The van der Waals surface area contributed by atoms with Gasteiger partial charge in [0, 0.05) is 25.9 Å². The zero-order valence-electron chi connectivity index (χ0n) is 12.4. The van der Waals surface area contributed by atoms with E-state index in [0.29, 0.717) is 13.0 Å². The standard InChI is InChI=1S/C15H20FN3O3/c1-2-17-14(21)7-8-18-15(22)13(19-10-20)9-11-3-5-12(16)6-4-11/h3-6,10,13H,2,7-9H2,1H3,(H,17,21)(H,18,22)(H,19,20)/t13-/m0/s1. The molecule has 1 aromatic carbocycles. The molecule has 1 atom stereocenters. The number of hydrogen-bond acceptors (Lipinski definition) is 3. The third-order valence-corrected chi connectivity index (χ3v) is 2.96. The fourth-order valence-electron chi connectivity index (χ4n) is 1.87. The van der Waals surface area contributed by atoms with E-state index in [-0.39, 0.29) is 37.0 Å². The van der Waals surface area contributed by atoms with Gasteiger partial charge in [0.15, 0.2) is 0 Å². The van der Waals surface area contributed by atoms with Crippen molar-refractivity contribution in [3.05, 3.63) is 35.6 Å². The molecule has 3 N–H and O–H groups in total. The second kappa shape index (κ2) is 9.49. The Hall–Kier alpha value is -2.44. The highest BCUT2D eigenvalue weighted by Gasteiger charge is 2.18. The van der Waals surface area contributed by atoms with E-state index in [1.54, 1.807) is 12.1 Å². The Labute approximate surface area is 128 Å². The first-order valence-corrected chi connectivity index (χ1v) is 7.05. The van der Waals surface area contributed by atoms with Crippen LogP contribution in [0.4, 0.5) is 4.39 Å². The largest absolute Gasteiger partial charge is 0.356 e. The molecular weight excluding hydrogens is 289 g/mol. The van der Waals surface area contributed by atoms with Gasteiger partial charge in [0.1, 0.15) is 11.9 Å². The normalized spacial score (nSPS) is 11.4. The highest BCUT2D eigenvalue weighted by atomic mass is 19.1. The summed E-state index contributed by atoms with van der Waals surface area (Å²) in [6.45, 7) is 2.53. The maximum absolute atomic E-state index is 12.8. The predicted octanol–water partition coefficient (Wildman–Crippen LogP) is 0.125. The van der Waals surface area contributed by atoms with Crippen LogP contribution >= 0.6 is 0 Å². The van der Waals surface area contributed by atoms with Crippen LogP contribution in [0.15, 0.2) is 24.3 Å². The number of carbonyl (C=O) groups excluding carboxylic acids is 3. The van der Waals surface area contributed by atoms with Gasteiger partial charge in [0.2, 0.25) is 18.2 Å². The highest BCUT2D eigenvalue weighted by Crippen LogP contribution is 2.06.